The zero-order valence-corrected chi connectivity index (χ0v) is 12.2. The molecule has 0 bridgehead atoms. The maximum absolute atomic E-state index is 11.7. The lowest BCUT2D eigenvalue weighted by molar-refractivity contribution is 0.0602. The lowest BCUT2D eigenvalue weighted by Crippen LogP contribution is -2.20. The standard InChI is InChI=1S/C17H19NO3/c1-12(11-13-7-9-14(19)10-8-13)18-16-6-4-3-5-15(16)17(20)21-2/h3-10,12,18-19H,11H2,1-2H3. The molecule has 0 saturated carbocycles. The van der Waals surface area contributed by atoms with Crippen LogP contribution in [0.4, 0.5) is 5.69 Å². The van der Waals surface area contributed by atoms with Crippen molar-refractivity contribution < 1.29 is 14.6 Å². The molecule has 0 saturated heterocycles. The van der Waals surface area contributed by atoms with Gasteiger partial charge in [-0.25, -0.2) is 4.79 Å². The molecule has 0 fully saturated rings. The molecule has 0 aliphatic heterocycles. The monoisotopic (exact) mass is 285 g/mol. The molecule has 0 aliphatic carbocycles. The van der Waals surface area contributed by atoms with Crippen LogP contribution >= 0.6 is 0 Å². The number of anilines is 1. The molecule has 4 nitrogen and oxygen atoms in total. The van der Waals surface area contributed by atoms with Gasteiger partial charge in [-0.1, -0.05) is 24.3 Å². The molecule has 0 radical (unpaired) electrons. The average Bonchev–Trinajstić information content (AvgIpc) is 2.49. The van der Waals surface area contributed by atoms with E-state index in [1.54, 1.807) is 18.2 Å². The number of phenols is 1. The summed E-state index contributed by atoms with van der Waals surface area (Å²) in [6.07, 6.45) is 0.787. The zero-order valence-electron chi connectivity index (χ0n) is 12.2. The van der Waals surface area contributed by atoms with Crippen LogP contribution in [0.1, 0.15) is 22.8 Å². The van der Waals surface area contributed by atoms with Crippen LogP contribution in [0.5, 0.6) is 5.75 Å². The van der Waals surface area contributed by atoms with Crippen molar-refractivity contribution in [1.29, 1.82) is 0 Å². The first-order valence-electron chi connectivity index (χ1n) is 6.82. The summed E-state index contributed by atoms with van der Waals surface area (Å²) in [4.78, 5) is 11.7. The molecule has 4 heteroatoms. The van der Waals surface area contributed by atoms with Crippen LogP contribution in [-0.2, 0) is 11.2 Å². The molecular weight excluding hydrogens is 266 g/mol. The van der Waals surface area contributed by atoms with Gasteiger partial charge in [0.15, 0.2) is 0 Å². The third-order valence-electron chi connectivity index (χ3n) is 3.21. The Morgan fingerprint density at radius 2 is 1.86 bits per heavy atom. The number of methoxy groups -OCH3 is 1. The summed E-state index contributed by atoms with van der Waals surface area (Å²) < 4.78 is 4.78. The van der Waals surface area contributed by atoms with Gasteiger partial charge in [-0.2, -0.15) is 0 Å². The Hall–Kier alpha value is -2.49. The quantitative estimate of drug-likeness (QED) is 0.828. The molecule has 2 aromatic carbocycles. The predicted molar refractivity (Wildman–Crippen MR) is 82.7 cm³/mol. The van der Waals surface area contributed by atoms with E-state index in [-0.39, 0.29) is 17.8 Å². The van der Waals surface area contributed by atoms with Crippen molar-refractivity contribution in [3.8, 4) is 5.75 Å². The molecule has 0 aromatic heterocycles. The second kappa shape index (κ2) is 6.79. The number of rotatable bonds is 5. The van der Waals surface area contributed by atoms with Crippen LogP contribution in [0.2, 0.25) is 0 Å². The highest BCUT2D eigenvalue weighted by Crippen LogP contribution is 2.19. The topological polar surface area (TPSA) is 58.6 Å². The summed E-state index contributed by atoms with van der Waals surface area (Å²) in [7, 11) is 1.37. The molecule has 1 atom stereocenters. The molecule has 0 heterocycles. The minimum Gasteiger partial charge on any atom is -0.508 e. The van der Waals surface area contributed by atoms with Crippen molar-refractivity contribution in [1.82, 2.24) is 0 Å². The van der Waals surface area contributed by atoms with Crippen molar-refractivity contribution >= 4 is 11.7 Å². The van der Waals surface area contributed by atoms with Gasteiger partial charge in [-0.05, 0) is 43.2 Å². The van der Waals surface area contributed by atoms with Gasteiger partial charge < -0.3 is 15.2 Å². The zero-order chi connectivity index (χ0) is 15.2. The summed E-state index contributed by atoms with van der Waals surface area (Å²) >= 11 is 0. The van der Waals surface area contributed by atoms with Gasteiger partial charge in [0.2, 0.25) is 0 Å². The number of carbonyl (C=O) groups excluding carboxylic acids is 1. The summed E-state index contributed by atoms with van der Waals surface area (Å²) in [5.74, 6) is -0.0923. The number of nitrogens with one attached hydrogen (secondary N) is 1. The lowest BCUT2D eigenvalue weighted by atomic mass is 10.1. The van der Waals surface area contributed by atoms with Crippen LogP contribution in [0.15, 0.2) is 48.5 Å². The normalized spacial score (nSPS) is 11.7. The second-order valence-corrected chi connectivity index (χ2v) is 4.95. The highest BCUT2D eigenvalue weighted by atomic mass is 16.5. The van der Waals surface area contributed by atoms with Gasteiger partial charge in [-0.15, -0.1) is 0 Å². The molecule has 0 spiro atoms. The lowest BCUT2D eigenvalue weighted by Gasteiger charge is -2.17. The maximum Gasteiger partial charge on any atom is 0.339 e. The van der Waals surface area contributed by atoms with Gasteiger partial charge >= 0.3 is 5.97 Å². The van der Waals surface area contributed by atoms with Gasteiger partial charge in [-0.3, -0.25) is 0 Å². The van der Waals surface area contributed by atoms with E-state index in [0.717, 1.165) is 17.7 Å². The number of esters is 1. The fourth-order valence-corrected chi connectivity index (χ4v) is 2.20. The van der Waals surface area contributed by atoms with E-state index in [1.165, 1.54) is 7.11 Å². The minimum absolute atomic E-state index is 0.139. The van der Waals surface area contributed by atoms with E-state index >= 15 is 0 Å². The Kier molecular flexibility index (Phi) is 4.82. The average molecular weight is 285 g/mol. The number of aromatic hydroxyl groups is 1. The van der Waals surface area contributed by atoms with E-state index in [2.05, 4.69) is 5.32 Å². The number of hydrogen-bond acceptors (Lipinski definition) is 4. The van der Waals surface area contributed by atoms with E-state index in [1.807, 2.05) is 37.3 Å². The van der Waals surface area contributed by atoms with Gasteiger partial charge in [0.25, 0.3) is 0 Å². The summed E-state index contributed by atoms with van der Waals surface area (Å²) in [6.45, 7) is 2.04. The summed E-state index contributed by atoms with van der Waals surface area (Å²) in [5.41, 5.74) is 2.40. The van der Waals surface area contributed by atoms with E-state index in [4.69, 9.17) is 4.74 Å². The molecule has 0 amide bonds. The second-order valence-electron chi connectivity index (χ2n) is 4.95. The fourth-order valence-electron chi connectivity index (χ4n) is 2.20. The number of para-hydroxylation sites is 1. The van der Waals surface area contributed by atoms with Crippen LogP contribution in [0.3, 0.4) is 0 Å². The van der Waals surface area contributed by atoms with Crippen molar-refractivity contribution in [2.45, 2.75) is 19.4 Å². The minimum atomic E-state index is -0.352. The molecule has 21 heavy (non-hydrogen) atoms. The number of carbonyl (C=O) groups is 1. The number of benzene rings is 2. The Morgan fingerprint density at radius 3 is 2.52 bits per heavy atom. The SMILES string of the molecule is COC(=O)c1ccccc1NC(C)Cc1ccc(O)cc1. The van der Waals surface area contributed by atoms with E-state index in [0.29, 0.717) is 5.56 Å². The Bertz CT molecular complexity index is 608. The first-order valence-corrected chi connectivity index (χ1v) is 6.82. The fraction of sp³-hybridized carbons (Fsp3) is 0.235. The number of phenolic OH excluding ortho intramolecular Hbond substituents is 1. The molecule has 2 rings (SSSR count). The molecule has 2 aromatic rings. The Balaban J connectivity index is 2.07. The molecule has 110 valence electrons. The first kappa shape index (κ1) is 14.9. The van der Waals surface area contributed by atoms with Gasteiger partial charge in [0, 0.05) is 11.7 Å². The number of ether oxygens (including phenoxy) is 1. The number of hydrogen-bond donors (Lipinski definition) is 2. The van der Waals surface area contributed by atoms with Crippen LogP contribution < -0.4 is 5.32 Å². The molecular formula is C17H19NO3. The van der Waals surface area contributed by atoms with E-state index < -0.39 is 0 Å². The third kappa shape index (κ3) is 3.99. The van der Waals surface area contributed by atoms with Crippen LogP contribution in [0, 0.1) is 0 Å². The highest BCUT2D eigenvalue weighted by molar-refractivity contribution is 5.95. The van der Waals surface area contributed by atoms with E-state index in [9.17, 15) is 9.90 Å². The van der Waals surface area contributed by atoms with Crippen molar-refractivity contribution in [3.05, 3.63) is 59.7 Å². The molecule has 2 N–H and O–H groups in total. The first-order chi connectivity index (χ1) is 10.1. The molecule has 0 aliphatic rings. The summed E-state index contributed by atoms with van der Waals surface area (Å²) in [5, 5.41) is 12.6. The van der Waals surface area contributed by atoms with Gasteiger partial charge in [0.1, 0.15) is 5.75 Å². The Morgan fingerprint density at radius 1 is 1.19 bits per heavy atom. The van der Waals surface area contributed by atoms with Crippen molar-refractivity contribution in [2.75, 3.05) is 12.4 Å². The van der Waals surface area contributed by atoms with Crippen LogP contribution in [-0.4, -0.2) is 24.2 Å². The smallest absolute Gasteiger partial charge is 0.339 e. The largest absolute Gasteiger partial charge is 0.508 e. The Labute approximate surface area is 124 Å². The molecule has 1 unspecified atom stereocenters. The van der Waals surface area contributed by atoms with Gasteiger partial charge in [0.05, 0.1) is 12.7 Å². The highest BCUT2D eigenvalue weighted by Gasteiger charge is 2.12. The third-order valence-corrected chi connectivity index (χ3v) is 3.21. The van der Waals surface area contributed by atoms with Crippen molar-refractivity contribution in [3.63, 3.8) is 0 Å². The van der Waals surface area contributed by atoms with Crippen LogP contribution in [0.25, 0.3) is 0 Å². The predicted octanol–water partition coefficient (Wildman–Crippen LogP) is 3.22. The maximum atomic E-state index is 11.7. The van der Waals surface area contributed by atoms with Crippen molar-refractivity contribution in [2.24, 2.45) is 0 Å². The summed E-state index contributed by atoms with van der Waals surface area (Å²) in [6, 6.07) is 14.5.